The summed E-state index contributed by atoms with van der Waals surface area (Å²) in [6, 6.07) is 15.9. The molecule has 0 amide bonds. The van der Waals surface area contributed by atoms with Gasteiger partial charge in [-0.15, -0.1) is 0 Å². The zero-order valence-corrected chi connectivity index (χ0v) is 15.8. The fourth-order valence-corrected chi connectivity index (χ4v) is 2.55. The fourth-order valence-electron chi connectivity index (χ4n) is 2.55. The number of rotatable bonds is 8. The normalized spacial score (nSPS) is 10.2. The van der Waals surface area contributed by atoms with Gasteiger partial charge >= 0.3 is 5.97 Å². The second kappa shape index (κ2) is 9.41. The largest absolute Gasteiger partial charge is 0.493 e. The van der Waals surface area contributed by atoms with E-state index >= 15 is 0 Å². The Bertz CT molecular complexity index is 927. The summed E-state index contributed by atoms with van der Waals surface area (Å²) in [4.78, 5) is 16.5. The molecule has 0 fully saturated rings. The predicted octanol–water partition coefficient (Wildman–Crippen LogP) is 4.64. The summed E-state index contributed by atoms with van der Waals surface area (Å²) in [5.74, 6) is 1.82. The Morgan fingerprint density at radius 1 is 1.00 bits per heavy atom. The van der Waals surface area contributed by atoms with Gasteiger partial charge in [0.05, 0.1) is 25.5 Å². The van der Waals surface area contributed by atoms with E-state index in [0.717, 1.165) is 5.56 Å². The van der Waals surface area contributed by atoms with Crippen LogP contribution < -0.4 is 14.2 Å². The molecule has 6 nitrogen and oxygen atoms in total. The van der Waals surface area contributed by atoms with Crippen LogP contribution in [-0.4, -0.2) is 24.7 Å². The Labute approximate surface area is 163 Å². The number of benzene rings is 2. The summed E-state index contributed by atoms with van der Waals surface area (Å²) in [5.41, 5.74) is 1.13. The number of hydrogen-bond donors (Lipinski definition) is 0. The van der Waals surface area contributed by atoms with Gasteiger partial charge in [0.2, 0.25) is 0 Å². The van der Waals surface area contributed by atoms with Crippen molar-refractivity contribution >= 4 is 5.97 Å². The lowest BCUT2D eigenvalue weighted by Gasteiger charge is -2.13. The third kappa shape index (κ3) is 4.79. The molecule has 3 rings (SSSR count). The Hall–Kier alpha value is -3.54. The molecule has 144 valence electrons. The highest BCUT2D eigenvalue weighted by Gasteiger charge is 2.14. The summed E-state index contributed by atoms with van der Waals surface area (Å²) in [6.07, 6.45) is 3.29. The first-order valence-electron chi connectivity index (χ1n) is 8.85. The number of para-hydroxylation sites is 1. The Balaban J connectivity index is 1.70. The smallest absolute Gasteiger partial charge is 0.338 e. The van der Waals surface area contributed by atoms with Crippen LogP contribution >= 0.6 is 0 Å². The van der Waals surface area contributed by atoms with E-state index in [0.29, 0.717) is 35.2 Å². The molecule has 0 aliphatic rings. The van der Waals surface area contributed by atoms with Crippen LogP contribution in [0.15, 0.2) is 67.0 Å². The zero-order valence-electron chi connectivity index (χ0n) is 15.8. The Morgan fingerprint density at radius 3 is 2.61 bits per heavy atom. The van der Waals surface area contributed by atoms with Gasteiger partial charge in [0.15, 0.2) is 11.5 Å². The van der Waals surface area contributed by atoms with Crippen molar-refractivity contribution in [3.05, 3.63) is 78.1 Å². The van der Waals surface area contributed by atoms with Gasteiger partial charge in [0, 0.05) is 11.8 Å². The second-order valence-corrected chi connectivity index (χ2v) is 5.77. The van der Waals surface area contributed by atoms with E-state index in [4.69, 9.17) is 18.9 Å². The molecule has 0 N–H and O–H groups in total. The van der Waals surface area contributed by atoms with E-state index < -0.39 is 5.97 Å². The SMILES string of the molecule is CCOc1ccc(C(=O)OCc2ccccc2Oc2cccnc2)cc1OC. The number of carbonyl (C=O) groups is 1. The molecular weight excluding hydrogens is 358 g/mol. The fraction of sp³-hybridized carbons (Fsp3) is 0.182. The third-order valence-corrected chi connectivity index (χ3v) is 3.89. The lowest BCUT2D eigenvalue weighted by molar-refractivity contribution is 0.0470. The number of aromatic nitrogens is 1. The molecule has 0 spiro atoms. The molecule has 1 aromatic heterocycles. The molecule has 0 radical (unpaired) electrons. The summed E-state index contributed by atoms with van der Waals surface area (Å²) in [5, 5.41) is 0. The van der Waals surface area contributed by atoms with Crippen LogP contribution in [-0.2, 0) is 11.3 Å². The maximum atomic E-state index is 12.5. The highest BCUT2D eigenvalue weighted by Crippen LogP contribution is 2.29. The average Bonchev–Trinajstić information content (AvgIpc) is 2.74. The Kier molecular flexibility index (Phi) is 6.46. The lowest BCUT2D eigenvalue weighted by atomic mass is 10.2. The van der Waals surface area contributed by atoms with Gasteiger partial charge in [-0.05, 0) is 43.3 Å². The van der Waals surface area contributed by atoms with Gasteiger partial charge in [-0.1, -0.05) is 18.2 Å². The standard InChI is InChI=1S/C22H21NO5/c1-3-26-20-11-10-16(13-21(20)25-2)22(24)27-15-17-7-4-5-9-19(17)28-18-8-6-12-23-14-18/h4-14H,3,15H2,1-2H3. The quantitative estimate of drug-likeness (QED) is 0.531. The molecule has 6 heteroatoms. The summed E-state index contributed by atoms with van der Waals surface area (Å²) in [7, 11) is 1.53. The number of carbonyl (C=O) groups excluding carboxylic acids is 1. The van der Waals surface area contributed by atoms with Crippen LogP contribution in [0.25, 0.3) is 0 Å². The van der Waals surface area contributed by atoms with Crippen molar-refractivity contribution < 1.29 is 23.7 Å². The molecular formula is C22H21NO5. The first kappa shape index (κ1) is 19.2. The topological polar surface area (TPSA) is 66.9 Å². The van der Waals surface area contributed by atoms with Gasteiger partial charge < -0.3 is 18.9 Å². The molecule has 0 saturated carbocycles. The van der Waals surface area contributed by atoms with Gasteiger partial charge in [0.1, 0.15) is 18.1 Å². The van der Waals surface area contributed by atoms with Gasteiger partial charge in [0.25, 0.3) is 0 Å². The first-order chi connectivity index (χ1) is 13.7. The van der Waals surface area contributed by atoms with Crippen molar-refractivity contribution in [1.82, 2.24) is 4.98 Å². The van der Waals surface area contributed by atoms with E-state index in [1.54, 1.807) is 36.7 Å². The molecule has 1 heterocycles. The predicted molar refractivity (Wildman–Crippen MR) is 104 cm³/mol. The number of methoxy groups -OCH3 is 1. The van der Waals surface area contributed by atoms with Crippen LogP contribution in [0.1, 0.15) is 22.8 Å². The summed E-state index contributed by atoms with van der Waals surface area (Å²) < 4.78 is 22.0. The second-order valence-electron chi connectivity index (χ2n) is 5.77. The summed E-state index contributed by atoms with van der Waals surface area (Å²) >= 11 is 0. The molecule has 2 aromatic carbocycles. The van der Waals surface area contributed by atoms with Crippen molar-refractivity contribution in [2.75, 3.05) is 13.7 Å². The van der Waals surface area contributed by atoms with Gasteiger partial charge in [-0.2, -0.15) is 0 Å². The number of hydrogen-bond acceptors (Lipinski definition) is 6. The summed E-state index contributed by atoms with van der Waals surface area (Å²) in [6.45, 7) is 2.46. The number of esters is 1. The average molecular weight is 379 g/mol. The van der Waals surface area contributed by atoms with Crippen LogP contribution in [0, 0.1) is 0 Å². The molecule has 0 saturated heterocycles. The van der Waals surface area contributed by atoms with E-state index in [-0.39, 0.29) is 6.61 Å². The highest BCUT2D eigenvalue weighted by atomic mass is 16.5. The third-order valence-electron chi connectivity index (χ3n) is 3.89. The molecule has 28 heavy (non-hydrogen) atoms. The van der Waals surface area contributed by atoms with Crippen molar-refractivity contribution in [3.8, 4) is 23.0 Å². The van der Waals surface area contributed by atoms with Crippen LogP contribution in [0.5, 0.6) is 23.0 Å². The minimum atomic E-state index is -0.461. The molecule has 0 unspecified atom stereocenters. The lowest BCUT2D eigenvalue weighted by Crippen LogP contribution is -2.07. The van der Waals surface area contributed by atoms with E-state index in [1.807, 2.05) is 37.3 Å². The number of ether oxygens (including phenoxy) is 4. The molecule has 3 aromatic rings. The van der Waals surface area contributed by atoms with Crippen LogP contribution in [0.3, 0.4) is 0 Å². The van der Waals surface area contributed by atoms with Crippen LogP contribution in [0.4, 0.5) is 0 Å². The molecule has 0 aliphatic carbocycles. The minimum Gasteiger partial charge on any atom is -0.493 e. The molecule has 0 aliphatic heterocycles. The van der Waals surface area contributed by atoms with E-state index in [2.05, 4.69) is 4.98 Å². The zero-order chi connectivity index (χ0) is 19.8. The van der Waals surface area contributed by atoms with E-state index in [1.165, 1.54) is 7.11 Å². The van der Waals surface area contributed by atoms with Crippen molar-refractivity contribution in [1.29, 1.82) is 0 Å². The van der Waals surface area contributed by atoms with Crippen LogP contribution in [0.2, 0.25) is 0 Å². The Morgan fingerprint density at radius 2 is 1.86 bits per heavy atom. The van der Waals surface area contributed by atoms with Crippen molar-refractivity contribution in [3.63, 3.8) is 0 Å². The first-order valence-corrected chi connectivity index (χ1v) is 8.85. The van der Waals surface area contributed by atoms with Crippen molar-refractivity contribution in [2.24, 2.45) is 0 Å². The van der Waals surface area contributed by atoms with Gasteiger partial charge in [-0.3, -0.25) is 4.98 Å². The van der Waals surface area contributed by atoms with Gasteiger partial charge in [-0.25, -0.2) is 4.79 Å². The number of nitrogens with zero attached hydrogens (tertiary/aromatic N) is 1. The molecule has 0 bridgehead atoms. The number of pyridine rings is 1. The minimum absolute atomic E-state index is 0.0742. The van der Waals surface area contributed by atoms with E-state index in [9.17, 15) is 4.79 Å². The molecule has 0 atom stereocenters. The highest BCUT2D eigenvalue weighted by molar-refractivity contribution is 5.90. The maximum Gasteiger partial charge on any atom is 0.338 e. The van der Waals surface area contributed by atoms with Crippen molar-refractivity contribution in [2.45, 2.75) is 13.5 Å². The maximum absolute atomic E-state index is 12.5. The monoisotopic (exact) mass is 379 g/mol.